The van der Waals surface area contributed by atoms with Crippen molar-refractivity contribution in [3.05, 3.63) is 29.8 Å². The van der Waals surface area contributed by atoms with Crippen molar-refractivity contribution in [2.45, 2.75) is 45.2 Å². The van der Waals surface area contributed by atoms with Crippen LogP contribution in [0.3, 0.4) is 0 Å². The van der Waals surface area contributed by atoms with E-state index < -0.39 is 17.9 Å². The number of carboxylic acids is 1. The Morgan fingerprint density at radius 3 is 2.28 bits per heavy atom. The van der Waals surface area contributed by atoms with Gasteiger partial charge in [0.25, 0.3) is 5.91 Å². The average molecular weight is 349 g/mol. The van der Waals surface area contributed by atoms with Gasteiger partial charge in [0.05, 0.1) is 0 Å². The van der Waals surface area contributed by atoms with Crippen molar-refractivity contribution in [1.82, 2.24) is 10.8 Å². The normalized spacial score (nSPS) is 16.7. The zero-order chi connectivity index (χ0) is 18.4. The molecular weight excluding hydrogens is 322 g/mol. The van der Waals surface area contributed by atoms with Gasteiger partial charge in [-0.3, -0.25) is 14.8 Å². The molecule has 4 N–H and O–H groups in total. The highest BCUT2D eigenvalue weighted by molar-refractivity contribution is 5.93. The fourth-order valence-electron chi connectivity index (χ4n) is 3.19. The molecule has 0 spiro atoms. The molecule has 1 atom stereocenters. The summed E-state index contributed by atoms with van der Waals surface area (Å²) < 4.78 is 0. The number of carbonyl (C=O) groups excluding carboxylic acids is 1. The van der Waals surface area contributed by atoms with Crippen molar-refractivity contribution in [1.29, 1.82) is 0 Å². The molecule has 1 heterocycles. The number of nitrogens with zero attached hydrogens (tertiary/aromatic N) is 1. The molecule has 7 nitrogen and oxygen atoms in total. The van der Waals surface area contributed by atoms with Gasteiger partial charge in [-0.2, -0.15) is 0 Å². The maximum atomic E-state index is 11.4. The lowest BCUT2D eigenvalue weighted by Gasteiger charge is -2.35. The lowest BCUT2D eigenvalue weighted by Crippen LogP contribution is -2.49. The van der Waals surface area contributed by atoms with Gasteiger partial charge in [0.1, 0.15) is 6.04 Å². The molecule has 1 aromatic rings. The van der Waals surface area contributed by atoms with E-state index in [4.69, 9.17) is 5.21 Å². The van der Waals surface area contributed by atoms with Gasteiger partial charge in [-0.1, -0.05) is 13.8 Å². The van der Waals surface area contributed by atoms with Crippen LogP contribution in [0.1, 0.15) is 43.5 Å². The van der Waals surface area contributed by atoms with E-state index in [2.05, 4.69) is 10.2 Å². The summed E-state index contributed by atoms with van der Waals surface area (Å²) in [6.07, 6.45) is 2.38. The average Bonchev–Trinajstić information content (AvgIpc) is 2.61. The Balaban J connectivity index is 1.88. The van der Waals surface area contributed by atoms with Crippen LogP contribution in [0.2, 0.25) is 0 Å². The second-order valence-corrected chi connectivity index (χ2v) is 6.94. The number of rotatable bonds is 7. The molecule has 1 aliphatic rings. The first-order valence-electron chi connectivity index (χ1n) is 8.69. The van der Waals surface area contributed by atoms with Crippen LogP contribution in [0.25, 0.3) is 0 Å². The SMILES string of the molecule is CC(C)CC(NC1CCN(c2ccc(C(=O)NO)cc2)CC1)C(=O)O. The molecule has 1 unspecified atom stereocenters. The highest BCUT2D eigenvalue weighted by atomic mass is 16.5. The van der Waals surface area contributed by atoms with E-state index in [1.54, 1.807) is 17.6 Å². The third kappa shape index (κ3) is 5.44. The summed E-state index contributed by atoms with van der Waals surface area (Å²) in [4.78, 5) is 24.9. The number of hydrogen-bond acceptors (Lipinski definition) is 5. The fourth-order valence-corrected chi connectivity index (χ4v) is 3.19. The highest BCUT2D eigenvalue weighted by Gasteiger charge is 2.25. The topological polar surface area (TPSA) is 102 Å². The number of piperidine rings is 1. The lowest BCUT2D eigenvalue weighted by atomic mass is 9.99. The Bertz CT molecular complexity index is 580. The molecule has 0 aliphatic carbocycles. The molecule has 1 saturated heterocycles. The number of benzene rings is 1. The third-order valence-electron chi connectivity index (χ3n) is 4.53. The second-order valence-electron chi connectivity index (χ2n) is 6.94. The Morgan fingerprint density at radius 2 is 1.80 bits per heavy atom. The minimum absolute atomic E-state index is 0.204. The lowest BCUT2D eigenvalue weighted by molar-refractivity contribution is -0.140. The molecular formula is C18H27N3O4. The summed E-state index contributed by atoms with van der Waals surface area (Å²) in [5.41, 5.74) is 3.04. The fraction of sp³-hybridized carbons (Fsp3) is 0.556. The van der Waals surface area contributed by atoms with Crippen molar-refractivity contribution in [2.75, 3.05) is 18.0 Å². The molecule has 2 rings (SSSR count). The van der Waals surface area contributed by atoms with Gasteiger partial charge in [0.2, 0.25) is 0 Å². The highest BCUT2D eigenvalue weighted by Crippen LogP contribution is 2.21. The summed E-state index contributed by atoms with van der Waals surface area (Å²) in [5.74, 6) is -0.975. The summed E-state index contributed by atoms with van der Waals surface area (Å²) in [7, 11) is 0. The largest absolute Gasteiger partial charge is 0.480 e. The minimum atomic E-state index is -0.783. The van der Waals surface area contributed by atoms with Crippen molar-refractivity contribution in [2.24, 2.45) is 5.92 Å². The van der Waals surface area contributed by atoms with Gasteiger partial charge in [-0.15, -0.1) is 0 Å². The van der Waals surface area contributed by atoms with E-state index >= 15 is 0 Å². The van der Waals surface area contributed by atoms with E-state index in [0.717, 1.165) is 31.6 Å². The number of hydroxylamine groups is 1. The van der Waals surface area contributed by atoms with Crippen LogP contribution in [0.4, 0.5) is 5.69 Å². The van der Waals surface area contributed by atoms with Gasteiger partial charge in [0.15, 0.2) is 0 Å². The number of hydrogen-bond donors (Lipinski definition) is 4. The van der Waals surface area contributed by atoms with Crippen LogP contribution >= 0.6 is 0 Å². The molecule has 1 fully saturated rings. The zero-order valence-corrected chi connectivity index (χ0v) is 14.7. The van der Waals surface area contributed by atoms with Crippen LogP contribution in [0.15, 0.2) is 24.3 Å². The van der Waals surface area contributed by atoms with E-state index in [0.29, 0.717) is 17.9 Å². The van der Waals surface area contributed by atoms with E-state index in [1.165, 1.54) is 0 Å². The van der Waals surface area contributed by atoms with Crippen LogP contribution in [0, 0.1) is 5.92 Å². The molecule has 138 valence electrons. The Hall–Kier alpha value is -2.12. The molecule has 7 heteroatoms. The number of carbonyl (C=O) groups is 2. The van der Waals surface area contributed by atoms with E-state index in [-0.39, 0.29) is 6.04 Å². The maximum absolute atomic E-state index is 11.4. The molecule has 1 aromatic carbocycles. The van der Waals surface area contributed by atoms with E-state index in [9.17, 15) is 14.7 Å². The van der Waals surface area contributed by atoms with Crippen molar-refractivity contribution >= 4 is 17.6 Å². The molecule has 0 radical (unpaired) electrons. The van der Waals surface area contributed by atoms with Crippen molar-refractivity contribution in [3.63, 3.8) is 0 Å². The first-order valence-corrected chi connectivity index (χ1v) is 8.69. The first kappa shape index (κ1) is 19.2. The number of nitrogens with one attached hydrogen (secondary N) is 2. The van der Waals surface area contributed by atoms with Crippen LogP contribution in [0.5, 0.6) is 0 Å². The van der Waals surface area contributed by atoms with Crippen LogP contribution in [-0.4, -0.2) is 47.4 Å². The van der Waals surface area contributed by atoms with Gasteiger partial charge in [-0.05, 0) is 49.4 Å². The predicted molar refractivity (Wildman–Crippen MR) is 94.9 cm³/mol. The number of anilines is 1. The van der Waals surface area contributed by atoms with Gasteiger partial charge >= 0.3 is 5.97 Å². The Morgan fingerprint density at radius 1 is 1.20 bits per heavy atom. The number of amides is 1. The smallest absolute Gasteiger partial charge is 0.320 e. The van der Waals surface area contributed by atoms with Gasteiger partial charge < -0.3 is 15.3 Å². The molecule has 1 aliphatic heterocycles. The Kier molecular flexibility index (Phi) is 6.78. The van der Waals surface area contributed by atoms with Gasteiger partial charge in [-0.25, -0.2) is 5.48 Å². The summed E-state index contributed by atoms with van der Waals surface area (Å²) in [6, 6.07) is 6.78. The van der Waals surface area contributed by atoms with Crippen molar-refractivity contribution in [3.8, 4) is 0 Å². The summed E-state index contributed by atoms with van der Waals surface area (Å²) in [6.45, 7) is 5.72. The quantitative estimate of drug-likeness (QED) is 0.443. The summed E-state index contributed by atoms with van der Waals surface area (Å²) in [5, 5.41) is 21.3. The van der Waals surface area contributed by atoms with Gasteiger partial charge in [0, 0.05) is 30.4 Å². The van der Waals surface area contributed by atoms with Crippen LogP contribution < -0.4 is 15.7 Å². The predicted octanol–water partition coefficient (Wildman–Crippen LogP) is 1.86. The number of carboxylic acid groups (broad SMARTS) is 1. The molecule has 1 amide bonds. The molecule has 25 heavy (non-hydrogen) atoms. The van der Waals surface area contributed by atoms with Crippen molar-refractivity contribution < 1.29 is 19.9 Å². The van der Waals surface area contributed by atoms with Crippen LogP contribution in [-0.2, 0) is 4.79 Å². The molecule has 0 bridgehead atoms. The van der Waals surface area contributed by atoms with E-state index in [1.807, 2.05) is 26.0 Å². The standard InChI is InChI=1S/C18H27N3O4/c1-12(2)11-16(18(23)24)19-14-7-9-21(10-8-14)15-5-3-13(4-6-15)17(22)20-25/h3-6,12,14,16,19,25H,7-11H2,1-2H3,(H,20,22)(H,23,24). The molecule has 0 aromatic heterocycles. The monoisotopic (exact) mass is 349 g/mol. The Labute approximate surface area is 148 Å². The molecule has 0 saturated carbocycles. The first-order chi connectivity index (χ1) is 11.9. The second kappa shape index (κ2) is 8.82. The maximum Gasteiger partial charge on any atom is 0.320 e. The number of aliphatic carboxylic acids is 1. The summed E-state index contributed by atoms with van der Waals surface area (Å²) >= 11 is 0. The minimum Gasteiger partial charge on any atom is -0.480 e. The zero-order valence-electron chi connectivity index (χ0n) is 14.7. The third-order valence-corrected chi connectivity index (χ3v) is 4.53.